The van der Waals surface area contributed by atoms with Crippen molar-refractivity contribution in [3.8, 4) is 0 Å². The maximum absolute atomic E-state index is 11.7. The zero-order chi connectivity index (χ0) is 12.3. The van der Waals surface area contributed by atoms with Crippen LogP contribution in [-0.2, 0) is 6.54 Å². The zero-order valence-electron chi connectivity index (χ0n) is 9.30. The molecule has 0 saturated carbocycles. The molecule has 2 rings (SSSR count). The molecule has 0 bridgehead atoms. The molecule has 1 amide bonds. The van der Waals surface area contributed by atoms with Gasteiger partial charge in [0.25, 0.3) is 5.91 Å². The molecule has 0 fully saturated rings. The molecule has 0 aromatic carbocycles. The van der Waals surface area contributed by atoms with Crippen LogP contribution in [0.4, 0.5) is 5.82 Å². The standard InChI is InChI=1S/C11H12N4O2/c1-7-4-9(17-15-7)6-14-11(16)8-2-3-13-10(12)5-8/h2-5H,6H2,1H3,(H2,12,13)(H,14,16). The molecule has 0 atom stereocenters. The normalized spacial score (nSPS) is 10.2. The topological polar surface area (TPSA) is 94.0 Å². The first kappa shape index (κ1) is 11.1. The molecular formula is C11H12N4O2. The highest BCUT2D eigenvalue weighted by Crippen LogP contribution is 2.05. The van der Waals surface area contributed by atoms with Gasteiger partial charge in [-0.05, 0) is 19.1 Å². The predicted molar refractivity (Wildman–Crippen MR) is 61.1 cm³/mol. The summed E-state index contributed by atoms with van der Waals surface area (Å²) in [5.41, 5.74) is 6.73. The van der Waals surface area contributed by atoms with E-state index < -0.39 is 0 Å². The van der Waals surface area contributed by atoms with Gasteiger partial charge in [-0.1, -0.05) is 5.16 Å². The molecule has 6 heteroatoms. The lowest BCUT2D eigenvalue weighted by atomic mass is 10.2. The fourth-order valence-corrected chi connectivity index (χ4v) is 1.36. The molecule has 0 saturated heterocycles. The number of rotatable bonds is 3. The molecule has 2 aromatic heterocycles. The summed E-state index contributed by atoms with van der Waals surface area (Å²) in [6, 6.07) is 4.87. The van der Waals surface area contributed by atoms with E-state index in [0.29, 0.717) is 23.7 Å². The summed E-state index contributed by atoms with van der Waals surface area (Å²) in [4.78, 5) is 15.5. The average molecular weight is 232 g/mol. The van der Waals surface area contributed by atoms with Gasteiger partial charge in [-0.3, -0.25) is 4.79 Å². The van der Waals surface area contributed by atoms with E-state index in [-0.39, 0.29) is 5.91 Å². The van der Waals surface area contributed by atoms with Crippen molar-refractivity contribution in [3.63, 3.8) is 0 Å². The molecule has 0 unspecified atom stereocenters. The first-order valence-corrected chi connectivity index (χ1v) is 5.07. The lowest BCUT2D eigenvalue weighted by Gasteiger charge is -2.02. The Morgan fingerprint density at radius 1 is 1.53 bits per heavy atom. The summed E-state index contributed by atoms with van der Waals surface area (Å²) in [5, 5.41) is 6.42. The Hall–Kier alpha value is -2.37. The lowest BCUT2D eigenvalue weighted by Crippen LogP contribution is -2.22. The van der Waals surface area contributed by atoms with Crippen LogP contribution in [0, 0.1) is 6.92 Å². The summed E-state index contributed by atoms with van der Waals surface area (Å²) in [6.45, 7) is 2.11. The SMILES string of the molecule is Cc1cc(CNC(=O)c2ccnc(N)c2)on1. The van der Waals surface area contributed by atoms with Crippen molar-refractivity contribution in [2.75, 3.05) is 5.73 Å². The number of aryl methyl sites for hydroxylation is 1. The lowest BCUT2D eigenvalue weighted by molar-refractivity contribution is 0.0947. The Morgan fingerprint density at radius 3 is 3.00 bits per heavy atom. The van der Waals surface area contributed by atoms with Gasteiger partial charge in [0.2, 0.25) is 0 Å². The van der Waals surface area contributed by atoms with E-state index in [1.807, 2.05) is 6.92 Å². The van der Waals surface area contributed by atoms with Crippen molar-refractivity contribution in [1.82, 2.24) is 15.5 Å². The molecule has 3 N–H and O–H groups in total. The van der Waals surface area contributed by atoms with Crippen LogP contribution in [0.2, 0.25) is 0 Å². The van der Waals surface area contributed by atoms with Gasteiger partial charge >= 0.3 is 0 Å². The van der Waals surface area contributed by atoms with Gasteiger partial charge in [0.05, 0.1) is 12.2 Å². The first-order chi connectivity index (χ1) is 8.15. The molecule has 17 heavy (non-hydrogen) atoms. The van der Waals surface area contributed by atoms with Crippen molar-refractivity contribution >= 4 is 11.7 Å². The molecule has 0 spiro atoms. The largest absolute Gasteiger partial charge is 0.384 e. The molecule has 0 radical (unpaired) electrons. The van der Waals surface area contributed by atoms with Crippen molar-refractivity contribution in [3.05, 3.63) is 41.4 Å². The summed E-state index contributed by atoms with van der Waals surface area (Å²) in [7, 11) is 0. The second kappa shape index (κ2) is 4.65. The molecule has 6 nitrogen and oxygen atoms in total. The van der Waals surface area contributed by atoms with Gasteiger partial charge in [-0.15, -0.1) is 0 Å². The molecular weight excluding hydrogens is 220 g/mol. The van der Waals surface area contributed by atoms with Crippen LogP contribution in [0.1, 0.15) is 21.8 Å². The second-order valence-corrected chi connectivity index (χ2v) is 3.59. The third kappa shape index (κ3) is 2.81. The van der Waals surface area contributed by atoms with E-state index in [1.165, 1.54) is 12.3 Å². The molecule has 88 valence electrons. The van der Waals surface area contributed by atoms with Crippen LogP contribution in [0.25, 0.3) is 0 Å². The summed E-state index contributed by atoms with van der Waals surface area (Å²) >= 11 is 0. The second-order valence-electron chi connectivity index (χ2n) is 3.59. The molecule has 0 aliphatic rings. The van der Waals surface area contributed by atoms with Gasteiger partial charge < -0.3 is 15.6 Å². The highest BCUT2D eigenvalue weighted by Gasteiger charge is 2.07. The van der Waals surface area contributed by atoms with Crippen LogP contribution >= 0.6 is 0 Å². The minimum Gasteiger partial charge on any atom is -0.384 e. The Labute approximate surface area is 97.8 Å². The van der Waals surface area contributed by atoms with E-state index in [4.69, 9.17) is 10.3 Å². The van der Waals surface area contributed by atoms with Crippen LogP contribution in [-0.4, -0.2) is 16.0 Å². The fourth-order valence-electron chi connectivity index (χ4n) is 1.36. The maximum Gasteiger partial charge on any atom is 0.251 e. The Kier molecular flexibility index (Phi) is 3.04. The number of amides is 1. The van der Waals surface area contributed by atoms with Crippen molar-refractivity contribution in [2.45, 2.75) is 13.5 Å². The number of nitrogen functional groups attached to an aromatic ring is 1. The quantitative estimate of drug-likeness (QED) is 0.819. The summed E-state index contributed by atoms with van der Waals surface area (Å²) in [5.74, 6) is 0.694. The Balaban J connectivity index is 1.98. The van der Waals surface area contributed by atoms with Gasteiger partial charge in [0.1, 0.15) is 5.82 Å². The van der Waals surface area contributed by atoms with Crippen LogP contribution in [0.15, 0.2) is 28.9 Å². The summed E-state index contributed by atoms with van der Waals surface area (Å²) < 4.78 is 4.97. The Bertz CT molecular complexity index is 536. The number of carbonyl (C=O) groups excluding carboxylic acids is 1. The number of pyridine rings is 1. The number of nitrogens with zero attached hydrogens (tertiary/aromatic N) is 2. The molecule has 2 heterocycles. The van der Waals surface area contributed by atoms with Crippen molar-refractivity contribution < 1.29 is 9.32 Å². The number of hydrogen-bond donors (Lipinski definition) is 2. The van der Waals surface area contributed by atoms with E-state index in [1.54, 1.807) is 12.1 Å². The molecule has 2 aromatic rings. The van der Waals surface area contributed by atoms with Crippen molar-refractivity contribution in [2.24, 2.45) is 0 Å². The Morgan fingerprint density at radius 2 is 2.35 bits per heavy atom. The number of nitrogens with two attached hydrogens (primary N) is 1. The maximum atomic E-state index is 11.7. The van der Waals surface area contributed by atoms with Crippen LogP contribution in [0.3, 0.4) is 0 Å². The number of hydrogen-bond acceptors (Lipinski definition) is 5. The van der Waals surface area contributed by atoms with Gasteiger partial charge in [-0.25, -0.2) is 4.98 Å². The third-order valence-corrected chi connectivity index (χ3v) is 2.14. The predicted octanol–water partition coefficient (Wildman–Crippen LogP) is 0.890. The van der Waals surface area contributed by atoms with Crippen LogP contribution < -0.4 is 11.1 Å². The summed E-state index contributed by atoms with van der Waals surface area (Å²) in [6.07, 6.45) is 1.49. The smallest absolute Gasteiger partial charge is 0.251 e. The number of aromatic nitrogens is 2. The molecule has 0 aliphatic heterocycles. The van der Waals surface area contributed by atoms with E-state index in [9.17, 15) is 4.79 Å². The van der Waals surface area contributed by atoms with Crippen LogP contribution in [0.5, 0.6) is 0 Å². The monoisotopic (exact) mass is 232 g/mol. The van der Waals surface area contributed by atoms with E-state index in [2.05, 4.69) is 15.5 Å². The van der Waals surface area contributed by atoms with Gasteiger partial charge in [-0.2, -0.15) is 0 Å². The van der Waals surface area contributed by atoms with E-state index >= 15 is 0 Å². The van der Waals surface area contributed by atoms with Crippen molar-refractivity contribution in [1.29, 1.82) is 0 Å². The van der Waals surface area contributed by atoms with Gasteiger partial charge in [0, 0.05) is 17.8 Å². The minimum absolute atomic E-state index is 0.229. The highest BCUT2D eigenvalue weighted by atomic mass is 16.5. The fraction of sp³-hybridized carbons (Fsp3) is 0.182. The molecule has 0 aliphatic carbocycles. The number of nitrogens with one attached hydrogen (secondary N) is 1. The number of carbonyl (C=O) groups is 1. The first-order valence-electron chi connectivity index (χ1n) is 5.07. The minimum atomic E-state index is -0.229. The number of anilines is 1. The highest BCUT2D eigenvalue weighted by molar-refractivity contribution is 5.94. The van der Waals surface area contributed by atoms with Gasteiger partial charge in [0.15, 0.2) is 5.76 Å². The third-order valence-electron chi connectivity index (χ3n) is 2.14. The average Bonchev–Trinajstić information content (AvgIpc) is 2.72. The van der Waals surface area contributed by atoms with E-state index in [0.717, 1.165) is 5.69 Å². The zero-order valence-corrected chi connectivity index (χ0v) is 9.30.